The van der Waals surface area contributed by atoms with Crippen LogP contribution in [0.1, 0.15) is 36.5 Å². The summed E-state index contributed by atoms with van der Waals surface area (Å²) in [6.45, 7) is 6.15. The van der Waals surface area contributed by atoms with Crippen molar-refractivity contribution in [1.82, 2.24) is 9.13 Å². The lowest BCUT2D eigenvalue weighted by Crippen LogP contribution is -2.03. The molecule has 0 aliphatic heterocycles. The van der Waals surface area contributed by atoms with Gasteiger partial charge in [0, 0.05) is 53.2 Å². The van der Waals surface area contributed by atoms with Crippen molar-refractivity contribution in [3.05, 3.63) is 89.7 Å². The van der Waals surface area contributed by atoms with Crippen LogP contribution in [0.2, 0.25) is 0 Å². The monoisotopic (exact) mass is 468 g/mol. The summed E-state index contributed by atoms with van der Waals surface area (Å²) in [7, 11) is 5.15. The maximum absolute atomic E-state index is 5.62. The lowest BCUT2D eigenvalue weighted by Gasteiger charge is -2.18. The zero-order valence-electron chi connectivity index (χ0n) is 21.0. The van der Waals surface area contributed by atoms with Gasteiger partial charge in [-0.2, -0.15) is 0 Å². The molecule has 0 amide bonds. The van der Waals surface area contributed by atoms with Crippen molar-refractivity contribution in [2.24, 2.45) is 0 Å². The standard InChI is InChI=1S/C30H32N2O3/c1-6-31-18-26(24-16-22(34-4)12-14-28(24)31)30(20-8-10-21(33-3)11-9-20)27-19-32(7-2)29-15-13-23(35-5)17-25(27)29/h8-19,30H,6-7H2,1-5H3. The third-order valence-corrected chi connectivity index (χ3v) is 6.99. The second-order valence-corrected chi connectivity index (χ2v) is 8.71. The predicted octanol–water partition coefficient (Wildman–Crippen LogP) is 6.84. The highest BCUT2D eigenvalue weighted by Crippen LogP contribution is 2.42. The number of fused-ring (bicyclic) bond motifs is 2. The molecule has 35 heavy (non-hydrogen) atoms. The molecule has 2 heterocycles. The smallest absolute Gasteiger partial charge is 0.119 e. The number of hydrogen-bond donors (Lipinski definition) is 0. The van der Waals surface area contributed by atoms with E-state index in [9.17, 15) is 0 Å². The van der Waals surface area contributed by atoms with Crippen molar-refractivity contribution in [3.8, 4) is 17.2 Å². The summed E-state index contributed by atoms with van der Waals surface area (Å²) in [6, 6.07) is 21.1. The Morgan fingerprint density at radius 1 is 0.600 bits per heavy atom. The molecule has 180 valence electrons. The number of ether oxygens (including phenoxy) is 3. The van der Waals surface area contributed by atoms with Gasteiger partial charge in [0.15, 0.2) is 0 Å². The first-order chi connectivity index (χ1) is 17.1. The molecule has 0 radical (unpaired) electrons. The normalized spacial score (nSPS) is 11.5. The Bertz CT molecular complexity index is 1390. The van der Waals surface area contributed by atoms with Crippen LogP contribution in [0.5, 0.6) is 17.2 Å². The highest BCUT2D eigenvalue weighted by atomic mass is 16.5. The fraction of sp³-hybridized carbons (Fsp3) is 0.267. The summed E-state index contributed by atoms with van der Waals surface area (Å²) >= 11 is 0. The fourth-order valence-electron chi connectivity index (χ4n) is 5.17. The molecule has 0 spiro atoms. The topological polar surface area (TPSA) is 37.5 Å². The summed E-state index contributed by atoms with van der Waals surface area (Å²) in [6.07, 6.45) is 4.60. The van der Waals surface area contributed by atoms with Gasteiger partial charge in [-0.15, -0.1) is 0 Å². The molecule has 3 aromatic carbocycles. The Kier molecular flexibility index (Phi) is 6.16. The van der Waals surface area contributed by atoms with Crippen molar-refractivity contribution < 1.29 is 14.2 Å². The van der Waals surface area contributed by atoms with Gasteiger partial charge in [0.05, 0.1) is 21.3 Å². The molecule has 0 aliphatic rings. The highest BCUT2D eigenvalue weighted by Gasteiger charge is 2.26. The Labute approximate surface area is 206 Å². The molecular weight excluding hydrogens is 436 g/mol. The average Bonchev–Trinajstić information content (AvgIpc) is 3.46. The van der Waals surface area contributed by atoms with E-state index in [0.29, 0.717) is 0 Å². The van der Waals surface area contributed by atoms with Crippen molar-refractivity contribution in [1.29, 1.82) is 0 Å². The van der Waals surface area contributed by atoms with Gasteiger partial charge >= 0.3 is 0 Å². The minimum absolute atomic E-state index is 0.0192. The van der Waals surface area contributed by atoms with Crippen molar-refractivity contribution in [2.75, 3.05) is 21.3 Å². The minimum atomic E-state index is 0.0192. The third kappa shape index (κ3) is 3.91. The van der Waals surface area contributed by atoms with Crippen LogP contribution in [0.15, 0.2) is 73.1 Å². The van der Waals surface area contributed by atoms with Gasteiger partial charge in [-0.25, -0.2) is 0 Å². The summed E-state index contributed by atoms with van der Waals surface area (Å²) in [5, 5.41) is 2.40. The Morgan fingerprint density at radius 3 is 1.43 bits per heavy atom. The lowest BCUT2D eigenvalue weighted by atomic mass is 9.84. The number of hydrogen-bond acceptors (Lipinski definition) is 3. The Balaban J connectivity index is 1.84. The molecule has 0 fully saturated rings. The van der Waals surface area contributed by atoms with Crippen molar-refractivity contribution in [3.63, 3.8) is 0 Å². The minimum Gasteiger partial charge on any atom is -0.497 e. The van der Waals surface area contributed by atoms with Gasteiger partial charge < -0.3 is 23.3 Å². The SMILES string of the molecule is CCn1cc(C(c2ccc(OC)cc2)c2cn(CC)c3ccc(OC)cc23)c2cc(OC)ccc21. The molecule has 0 bridgehead atoms. The number of nitrogens with zero attached hydrogens (tertiary/aromatic N) is 2. The Morgan fingerprint density at radius 2 is 1.03 bits per heavy atom. The van der Waals surface area contributed by atoms with Crippen molar-refractivity contribution >= 4 is 21.8 Å². The zero-order valence-corrected chi connectivity index (χ0v) is 21.0. The summed E-state index contributed by atoms with van der Waals surface area (Å²) < 4.78 is 21.3. The van der Waals surface area contributed by atoms with Gasteiger partial charge in [-0.1, -0.05) is 12.1 Å². The number of rotatable bonds is 8. The molecule has 0 aliphatic carbocycles. The highest BCUT2D eigenvalue weighted by molar-refractivity contribution is 5.91. The van der Waals surface area contributed by atoms with Gasteiger partial charge in [0.25, 0.3) is 0 Å². The van der Waals surface area contributed by atoms with Crippen LogP contribution in [0.25, 0.3) is 21.8 Å². The molecule has 5 rings (SSSR count). The maximum atomic E-state index is 5.62. The van der Waals surface area contributed by atoms with Crippen LogP contribution < -0.4 is 14.2 Å². The molecule has 5 heteroatoms. The van der Waals surface area contributed by atoms with Gasteiger partial charge in [-0.05, 0) is 79.1 Å². The van der Waals surface area contributed by atoms with E-state index in [4.69, 9.17) is 14.2 Å². The van der Waals surface area contributed by atoms with E-state index in [1.54, 1.807) is 21.3 Å². The fourth-order valence-corrected chi connectivity index (χ4v) is 5.17. The number of methoxy groups -OCH3 is 3. The molecule has 5 aromatic rings. The molecule has 0 atom stereocenters. The molecule has 2 aromatic heterocycles. The molecule has 0 saturated heterocycles. The van der Waals surface area contributed by atoms with E-state index in [0.717, 1.165) is 30.3 Å². The summed E-state index contributed by atoms with van der Waals surface area (Å²) in [4.78, 5) is 0. The second-order valence-electron chi connectivity index (χ2n) is 8.71. The third-order valence-electron chi connectivity index (χ3n) is 6.99. The largest absolute Gasteiger partial charge is 0.497 e. The number of aromatic nitrogens is 2. The first kappa shape index (κ1) is 22.9. The van der Waals surface area contributed by atoms with E-state index in [1.807, 2.05) is 24.3 Å². The number of benzene rings is 3. The van der Waals surface area contributed by atoms with Crippen LogP contribution in [-0.2, 0) is 13.1 Å². The van der Waals surface area contributed by atoms with Crippen LogP contribution in [0, 0.1) is 0 Å². The second kappa shape index (κ2) is 9.41. The lowest BCUT2D eigenvalue weighted by molar-refractivity contribution is 0.414. The molecular formula is C30H32N2O3. The predicted molar refractivity (Wildman–Crippen MR) is 142 cm³/mol. The van der Waals surface area contributed by atoms with E-state index in [1.165, 1.54) is 38.5 Å². The van der Waals surface area contributed by atoms with E-state index >= 15 is 0 Å². The van der Waals surface area contributed by atoms with Gasteiger partial charge in [0.1, 0.15) is 17.2 Å². The van der Waals surface area contributed by atoms with E-state index in [2.05, 4.69) is 71.8 Å². The zero-order chi connectivity index (χ0) is 24.5. The average molecular weight is 469 g/mol. The quantitative estimate of drug-likeness (QED) is 0.250. The van der Waals surface area contributed by atoms with E-state index < -0.39 is 0 Å². The molecule has 5 nitrogen and oxygen atoms in total. The van der Waals surface area contributed by atoms with Crippen LogP contribution in [-0.4, -0.2) is 30.5 Å². The molecule has 0 saturated carbocycles. The van der Waals surface area contributed by atoms with Crippen LogP contribution in [0.3, 0.4) is 0 Å². The Hall–Kier alpha value is -3.86. The first-order valence-corrected chi connectivity index (χ1v) is 12.1. The van der Waals surface area contributed by atoms with E-state index in [-0.39, 0.29) is 5.92 Å². The maximum Gasteiger partial charge on any atom is 0.119 e. The van der Waals surface area contributed by atoms with Gasteiger partial charge in [0.2, 0.25) is 0 Å². The number of aryl methyl sites for hydroxylation is 2. The van der Waals surface area contributed by atoms with Gasteiger partial charge in [-0.3, -0.25) is 0 Å². The summed E-state index contributed by atoms with van der Waals surface area (Å²) in [5.41, 5.74) is 6.13. The van der Waals surface area contributed by atoms with Crippen LogP contribution >= 0.6 is 0 Å². The van der Waals surface area contributed by atoms with Crippen LogP contribution in [0.4, 0.5) is 0 Å². The first-order valence-electron chi connectivity index (χ1n) is 12.1. The summed E-state index contributed by atoms with van der Waals surface area (Å²) in [5.74, 6) is 2.59. The molecule has 0 unspecified atom stereocenters. The molecule has 0 N–H and O–H groups in total. The van der Waals surface area contributed by atoms with Crippen molar-refractivity contribution in [2.45, 2.75) is 32.9 Å².